The van der Waals surface area contributed by atoms with Gasteiger partial charge in [-0.25, -0.2) is 4.79 Å². The van der Waals surface area contributed by atoms with Gasteiger partial charge in [0.1, 0.15) is 6.04 Å². The molecule has 4 rings (SSSR count). The topological polar surface area (TPSA) is 127 Å². The fourth-order valence-corrected chi connectivity index (χ4v) is 3.63. The molecule has 2 heterocycles. The van der Waals surface area contributed by atoms with E-state index in [0.29, 0.717) is 0 Å². The number of para-hydroxylation sites is 2. The van der Waals surface area contributed by atoms with Gasteiger partial charge in [0.25, 0.3) is 0 Å². The van der Waals surface area contributed by atoms with Crippen molar-refractivity contribution < 1.29 is 19.5 Å². The van der Waals surface area contributed by atoms with E-state index in [-0.39, 0.29) is 25.3 Å². The number of fused-ring (bicyclic) bond motifs is 2. The van der Waals surface area contributed by atoms with E-state index in [1.165, 1.54) is 0 Å². The zero-order chi connectivity index (χ0) is 21.8. The van der Waals surface area contributed by atoms with E-state index >= 15 is 0 Å². The number of H-pyrrole nitrogens is 2. The molecule has 31 heavy (non-hydrogen) atoms. The van der Waals surface area contributed by atoms with Gasteiger partial charge in [0.15, 0.2) is 0 Å². The number of carbonyl (C=O) groups excluding carboxylic acids is 2. The number of hydrogen-bond donors (Lipinski definition) is 5. The molecule has 2 amide bonds. The molecule has 0 spiro atoms. The number of nitrogens with one attached hydrogen (secondary N) is 4. The van der Waals surface area contributed by atoms with Gasteiger partial charge in [-0.2, -0.15) is 0 Å². The Morgan fingerprint density at radius 2 is 1.32 bits per heavy atom. The van der Waals surface area contributed by atoms with Gasteiger partial charge in [0.2, 0.25) is 11.8 Å². The first-order chi connectivity index (χ1) is 15.0. The lowest BCUT2D eigenvalue weighted by Gasteiger charge is -2.15. The van der Waals surface area contributed by atoms with E-state index in [1.807, 2.05) is 48.5 Å². The highest BCUT2D eigenvalue weighted by atomic mass is 16.4. The van der Waals surface area contributed by atoms with Crippen molar-refractivity contribution in [1.82, 2.24) is 20.6 Å². The summed E-state index contributed by atoms with van der Waals surface area (Å²) in [4.78, 5) is 42.5. The molecule has 0 radical (unpaired) electrons. The van der Waals surface area contributed by atoms with Crippen LogP contribution < -0.4 is 10.6 Å². The third kappa shape index (κ3) is 4.58. The molecule has 0 saturated heterocycles. The summed E-state index contributed by atoms with van der Waals surface area (Å²) in [6.07, 6.45) is 3.65. The average molecular weight is 418 g/mol. The van der Waals surface area contributed by atoms with Crippen molar-refractivity contribution in [3.8, 4) is 0 Å². The maximum atomic E-state index is 12.4. The fraction of sp³-hybridized carbons (Fsp3) is 0.174. The molecule has 1 atom stereocenters. The normalized spacial score (nSPS) is 12.0. The number of aromatic nitrogens is 2. The third-order valence-corrected chi connectivity index (χ3v) is 5.19. The fourth-order valence-electron chi connectivity index (χ4n) is 3.63. The predicted octanol–water partition coefficient (Wildman–Crippen LogP) is 2.12. The molecule has 0 fully saturated rings. The molecule has 0 aliphatic rings. The summed E-state index contributed by atoms with van der Waals surface area (Å²) in [6.45, 7) is -0.198. The number of carboxylic acids is 1. The van der Waals surface area contributed by atoms with Crippen LogP contribution in [0.3, 0.4) is 0 Å². The lowest BCUT2D eigenvalue weighted by molar-refractivity contribution is -0.141. The molecular formula is C23H22N4O4. The van der Waals surface area contributed by atoms with E-state index in [9.17, 15) is 19.5 Å². The molecule has 0 aliphatic carbocycles. The van der Waals surface area contributed by atoms with Gasteiger partial charge in [0.05, 0.1) is 12.8 Å². The van der Waals surface area contributed by atoms with E-state index in [0.717, 1.165) is 32.9 Å². The van der Waals surface area contributed by atoms with Crippen LogP contribution in [0.2, 0.25) is 0 Å². The Hall–Kier alpha value is -4.07. The molecule has 2 aromatic heterocycles. The molecule has 0 bridgehead atoms. The number of carboxylic acid groups (broad SMARTS) is 1. The summed E-state index contributed by atoms with van der Waals surface area (Å²) in [5.41, 5.74) is 3.44. The zero-order valence-electron chi connectivity index (χ0n) is 16.6. The number of carbonyl (C=O) groups is 3. The van der Waals surface area contributed by atoms with E-state index in [2.05, 4.69) is 20.6 Å². The van der Waals surface area contributed by atoms with Crippen molar-refractivity contribution in [3.05, 3.63) is 72.1 Å². The van der Waals surface area contributed by atoms with Crippen LogP contribution >= 0.6 is 0 Å². The summed E-state index contributed by atoms with van der Waals surface area (Å²) in [6, 6.07) is 14.0. The molecule has 5 N–H and O–H groups in total. The van der Waals surface area contributed by atoms with Gasteiger partial charge >= 0.3 is 5.97 Å². The Kier molecular flexibility index (Phi) is 5.70. The maximum absolute atomic E-state index is 12.4. The Bertz CT molecular complexity index is 1260. The lowest BCUT2D eigenvalue weighted by Crippen LogP contribution is -2.49. The summed E-state index contributed by atoms with van der Waals surface area (Å²) >= 11 is 0. The Morgan fingerprint density at radius 1 is 0.806 bits per heavy atom. The number of aliphatic carboxylic acids is 1. The van der Waals surface area contributed by atoms with Gasteiger partial charge in [-0.3, -0.25) is 9.59 Å². The minimum atomic E-state index is -1.22. The summed E-state index contributed by atoms with van der Waals surface area (Å²) in [7, 11) is 0. The largest absolute Gasteiger partial charge is 0.480 e. The second kappa shape index (κ2) is 8.74. The van der Waals surface area contributed by atoms with Crippen molar-refractivity contribution in [2.45, 2.75) is 18.9 Å². The van der Waals surface area contributed by atoms with Crippen molar-refractivity contribution in [2.75, 3.05) is 6.54 Å². The highest BCUT2D eigenvalue weighted by Gasteiger charge is 2.21. The van der Waals surface area contributed by atoms with Crippen LogP contribution in [0.4, 0.5) is 0 Å². The summed E-state index contributed by atoms with van der Waals surface area (Å²) < 4.78 is 0. The van der Waals surface area contributed by atoms with Crippen LogP contribution in [0.15, 0.2) is 60.9 Å². The van der Waals surface area contributed by atoms with Crippen molar-refractivity contribution >= 4 is 39.6 Å². The second-order valence-corrected chi connectivity index (χ2v) is 7.33. The minimum Gasteiger partial charge on any atom is -0.480 e. The predicted molar refractivity (Wildman–Crippen MR) is 117 cm³/mol. The molecule has 0 unspecified atom stereocenters. The van der Waals surface area contributed by atoms with Crippen molar-refractivity contribution in [3.63, 3.8) is 0 Å². The molecule has 0 aliphatic heterocycles. The quantitative estimate of drug-likeness (QED) is 0.300. The molecule has 0 saturated carbocycles. The zero-order valence-corrected chi connectivity index (χ0v) is 16.6. The monoisotopic (exact) mass is 418 g/mol. The number of hydrogen-bond acceptors (Lipinski definition) is 3. The van der Waals surface area contributed by atoms with Crippen molar-refractivity contribution in [1.29, 1.82) is 0 Å². The number of benzene rings is 2. The highest BCUT2D eigenvalue weighted by molar-refractivity contribution is 5.91. The van der Waals surface area contributed by atoms with Crippen LogP contribution in [0.5, 0.6) is 0 Å². The third-order valence-electron chi connectivity index (χ3n) is 5.19. The van der Waals surface area contributed by atoms with Crippen molar-refractivity contribution in [2.24, 2.45) is 0 Å². The molecule has 2 aromatic carbocycles. The van der Waals surface area contributed by atoms with Gasteiger partial charge in [-0.15, -0.1) is 0 Å². The van der Waals surface area contributed by atoms with E-state index in [1.54, 1.807) is 12.4 Å². The summed E-state index contributed by atoms with van der Waals surface area (Å²) in [5.74, 6) is -1.95. The molecule has 8 nitrogen and oxygen atoms in total. The minimum absolute atomic E-state index is 0.0388. The average Bonchev–Trinajstić information content (AvgIpc) is 3.35. The van der Waals surface area contributed by atoms with E-state index in [4.69, 9.17) is 0 Å². The first-order valence-electron chi connectivity index (χ1n) is 9.90. The van der Waals surface area contributed by atoms with Gasteiger partial charge in [-0.05, 0) is 23.3 Å². The van der Waals surface area contributed by atoms with Crippen LogP contribution in [0, 0.1) is 0 Å². The van der Waals surface area contributed by atoms with Gasteiger partial charge in [0, 0.05) is 40.7 Å². The Balaban J connectivity index is 1.33. The molecular weight excluding hydrogens is 396 g/mol. The van der Waals surface area contributed by atoms with Crippen LogP contribution in [-0.4, -0.2) is 45.4 Å². The van der Waals surface area contributed by atoms with Gasteiger partial charge in [-0.1, -0.05) is 36.4 Å². The molecule has 8 heteroatoms. The number of amides is 2. The molecule has 158 valence electrons. The first kappa shape index (κ1) is 20.2. The van der Waals surface area contributed by atoms with Gasteiger partial charge < -0.3 is 25.7 Å². The van der Waals surface area contributed by atoms with Crippen LogP contribution in [0.1, 0.15) is 11.1 Å². The van der Waals surface area contributed by atoms with Crippen LogP contribution in [0.25, 0.3) is 21.8 Å². The number of rotatable bonds is 8. The summed E-state index contributed by atoms with van der Waals surface area (Å²) in [5, 5.41) is 16.4. The standard InChI is InChI=1S/C23H22N4O4/c28-21(9-14-11-24-18-7-3-1-5-16(14)18)26-13-20(23(30)31)27-22(29)10-15-12-25-19-8-4-2-6-17(15)19/h1-8,11-12,20,24-25H,9-10,13H2,(H,26,28)(H,27,29)(H,30,31)/t20-/m0/s1. The SMILES string of the molecule is O=C(Cc1c[nH]c2ccccc12)NC[C@H](NC(=O)Cc1c[nH]c2ccccc12)C(=O)O. The first-order valence-corrected chi connectivity index (χ1v) is 9.90. The Morgan fingerprint density at radius 3 is 1.87 bits per heavy atom. The van der Waals surface area contributed by atoms with Crippen LogP contribution in [-0.2, 0) is 27.2 Å². The number of aromatic amines is 2. The lowest BCUT2D eigenvalue weighted by atomic mass is 10.1. The highest BCUT2D eigenvalue weighted by Crippen LogP contribution is 2.19. The Labute approximate surface area is 177 Å². The van der Waals surface area contributed by atoms with E-state index < -0.39 is 17.9 Å². The smallest absolute Gasteiger partial charge is 0.328 e. The second-order valence-electron chi connectivity index (χ2n) is 7.33. The molecule has 4 aromatic rings. The maximum Gasteiger partial charge on any atom is 0.328 e.